The van der Waals surface area contributed by atoms with Gasteiger partial charge in [-0.25, -0.2) is 0 Å². The minimum atomic E-state index is 0.648. The van der Waals surface area contributed by atoms with Gasteiger partial charge in [0.1, 0.15) is 0 Å². The van der Waals surface area contributed by atoms with E-state index >= 15 is 0 Å². The number of benzene rings is 1. The Kier molecular flexibility index (Phi) is 2.93. The first kappa shape index (κ1) is 11.2. The summed E-state index contributed by atoms with van der Waals surface area (Å²) in [6.07, 6.45) is 3.85. The van der Waals surface area contributed by atoms with Crippen LogP contribution >= 0.6 is 0 Å². The predicted molar refractivity (Wildman–Crippen MR) is 71.3 cm³/mol. The zero-order valence-electron chi connectivity index (χ0n) is 10.9. The smallest absolute Gasteiger partial charge is 0.0354 e. The lowest BCUT2D eigenvalue weighted by atomic mass is 10.0. The zero-order chi connectivity index (χ0) is 11.8. The highest BCUT2D eigenvalue weighted by Gasteiger charge is 2.30. The van der Waals surface area contributed by atoms with E-state index in [2.05, 4.69) is 42.4 Å². The number of hydrogen-bond donors (Lipinski definition) is 1. The van der Waals surface area contributed by atoms with Crippen LogP contribution in [0, 0.1) is 6.92 Å². The van der Waals surface area contributed by atoms with E-state index in [0.717, 1.165) is 12.6 Å². The van der Waals surface area contributed by atoms with Crippen LogP contribution in [0.1, 0.15) is 35.6 Å². The van der Waals surface area contributed by atoms with Crippen LogP contribution in [-0.2, 0) is 6.42 Å². The standard InChI is InChI=1S/C15H22N2/c1-11-3-4-12-5-6-15(14(12)9-11)17(2)13-7-8-16-10-13/h3-4,9,13,15-16H,5-8,10H2,1-2H3. The molecule has 3 rings (SSSR count). The summed E-state index contributed by atoms with van der Waals surface area (Å²) in [6, 6.07) is 8.34. The van der Waals surface area contributed by atoms with Gasteiger partial charge in [-0.15, -0.1) is 0 Å². The van der Waals surface area contributed by atoms with Crippen LogP contribution in [0.25, 0.3) is 0 Å². The lowest BCUT2D eigenvalue weighted by Crippen LogP contribution is -2.35. The van der Waals surface area contributed by atoms with Crippen molar-refractivity contribution in [2.75, 3.05) is 20.1 Å². The molecule has 2 unspecified atom stereocenters. The third-order valence-electron chi connectivity index (χ3n) is 4.45. The highest BCUT2D eigenvalue weighted by Crippen LogP contribution is 2.37. The molecular formula is C15H22N2. The molecule has 1 aliphatic heterocycles. The Morgan fingerprint density at radius 2 is 2.18 bits per heavy atom. The molecule has 1 aliphatic carbocycles. The molecular weight excluding hydrogens is 208 g/mol. The van der Waals surface area contributed by atoms with E-state index in [1.807, 2.05) is 0 Å². The average Bonchev–Trinajstić information content (AvgIpc) is 2.97. The molecule has 17 heavy (non-hydrogen) atoms. The van der Waals surface area contributed by atoms with Gasteiger partial charge >= 0.3 is 0 Å². The van der Waals surface area contributed by atoms with Gasteiger partial charge in [-0.3, -0.25) is 4.90 Å². The summed E-state index contributed by atoms with van der Waals surface area (Å²) >= 11 is 0. The Labute approximate surface area is 104 Å². The summed E-state index contributed by atoms with van der Waals surface area (Å²) in [7, 11) is 2.31. The van der Waals surface area contributed by atoms with Crippen molar-refractivity contribution in [3.05, 3.63) is 34.9 Å². The molecule has 0 saturated carbocycles. The van der Waals surface area contributed by atoms with Crippen LogP contribution in [-0.4, -0.2) is 31.1 Å². The van der Waals surface area contributed by atoms with Gasteiger partial charge in [0.2, 0.25) is 0 Å². The van der Waals surface area contributed by atoms with Crippen LogP contribution in [0.3, 0.4) is 0 Å². The summed E-state index contributed by atoms with van der Waals surface area (Å²) < 4.78 is 0. The van der Waals surface area contributed by atoms with Crippen LogP contribution in [0.15, 0.2) is 18.2 Å². The summed E-state index contributed by atoms with van der Waals surface area (Å²) in [6.45, 7) is 4.54. The Hall–Kier alpha value is -0.860. The Morgan fingerprint density at radius 1 is 1.29 bits per heavy atom. The molecule has 92 valence electrons. The molecule has 1 N–H and O–H groups in total. The monoisotopic (exact) mass is 230 g/mol. The molecule has 2 aliphatic rings. The van der Waals surface area contributed by atoms with Crippen molar-refractivity contribution in [2.24, 2.45) is 0 Å². The van der Waals surface area contributed by atoms with E-state index in [0.29, 0.717) is 6.04 Å². The molecule has 1 heterocycles. The molecule has 0 bridgehead atoms. The molecule has 2 heteroatoms. The van der Waals surface area contributed by atoms with Gasteiger partial charge in [-0.2, -0.15) is 0 Å². The van der Waals surface area contributed by atoms with E-state index in [9.17, 15) is 0 Å². The minimum Gasteiger partial charge on any atom is -0.315 e. The third-order valence-corrected chi connectivity index (χ3v) is 4.45. The fraction of sp³-hybridized carbons (Fsp3) is 0.600. The first-order valence-electron chi connectivity index (χ1n) is 6.78. The fourth-order valence-corrected chi connectivity index (χ4v) is 3.36. The summed E-state index contributed by atoms with van der Waals surface area (Å²) in [5, 5.41) is 3.47. The van der Waals surface area contributed by atoms with Gasteiger partial charge in [0.05, 0.1) is 0 Å². The van der Waals surface area contributed by atoms with Gasteiger partial charge in [0.25, 0.3) is 0 Å². The van der Waals surface area contributed by atoms with Gasteiger partial charge in [-0.05, 0) is 50.9 Å². The lowest BCUT2D eigenvalue weighted by molar-refractivity contribution is 0.184. The normalized spacial score (nSPS) is 27.7. The largest absolute Gasteiger partial charge is 0.315 e. The lowest BCUT2D eigenvalue weighted by Gasteiger charge is -2.30. The molecule has 0 amide bonds. The molecule has 0 radical (unpaired) electrons. The predicted octanol–water partition coefficient (Wildman–Crippen LogP) is 2.28. The van der Waals surface area contributed by atoms with Crippen LogP contribution < -0.4 is 5.32 Å². The SMILES string of the molecule is Cc1ccc2c(c1)C(N(C)C1CCNC1)CC2. The summed E-state index contributed by atoms with van der Waals surface area (Å²) in [5.41, 5.74) is 4.55. The first-order chi connectivity index (χ1) is 8.25. The highest BCUT2D eigenvalue weighted by molar-refractivity contribution is 5.37. The van der Waals surface area contributed by atoms with Gasteiger partial charge < -0.3 is 5.32 Å². The second-order valence-corrected chi connectivity index (χ2v) is 5.57. The van der Waals surface area contributed by atoms with Gasteiger partial charge in [0, 0.05) is 18.6 Å². The van der Waals surface area contributed by atoms with Crippen LogP contribution in [0.2, 0.25) is 0 Å². The summed E-state index contributed by atoms with van der Waals surface area (Å²) in [4.78, 5) is 2.60. The van der Waals surface area contributed by atoms with Crippen molar-refractivity contribution in [2.45, 2.75) is 38.3 Å². The average molecular weight is 230 g/mol. The Morgan fingerprint density at radius 3 is 2.94 bits per heavy atom. The fourth-order valence-electron chi connectivity index (χ4n) is 3.36. The maximum atomic E-state index is 3.47. The molecule has 0 spiro atoms. The highest BCUT2D eigenvalue weighted by atomic mass is 15.2. The zero-order valence-corrected chi connectivity index (χ0v) is 10.9. The quantitative estimate of drug-likeness (QED) is 0.838. The molecule has 1 saturated heterocycles. The molecule has 0 aromatic heterocycles. The molecule has 1 aromatic carbocycles. The third kappa shape index (κ3) is 2.00. The van der Waals surface area contributed by atoms with Crippen molar-refractivity contribution in [1.82, 2.24) is 10.2 Å². The van der Waals surface area contributed by atoms with Crippen molar-refractivity contribution in [1.29, 1.82) is 0 Å². The van der Waals surface area contributed by atoms with E-state index < -0.39 is 0 Å². The number of aryl methyl sites for hydroxylation is 2. The number of nitrogens with zero attached hydrogens (tertiary/aromatic N) is 1. The maximum Gasteiger partial charge on any atom is 0.0354 e. The van der Waals surface area contributed by atoms with Crippen molar-refractivity contribution in [3.63, 3.8) is 0 Å². The second-order valence-electron chi connectivity index (χ2n) is 5.57. The molecule has 2 atom stereocenters. The number of rotatable bonds is 2. The van der Waals surface area contributed by atoms with E-state index in [1.165, 1.54) is 31.4 Å². The Bertz CT molecular complexity index is 407. The van der Waals surface area contributed by atoms with Gasteiger partial charge in [0.15, 0.2) is 0 Å². The molecule has 2 nitrogen and oxygen atoms in total. The van der Waals surface area contributed by atoms with E-state index in [1.54, 1.807) is 11.1 Å². The Balaban J connectivity index is 1.84. The number of nitrogens with one attached hydrogen (secondary N) is 1. The first-order valence-corrected chi connectivity index (χ1v) is 6.78. The number of likely N-dealkylation sites (N-methyl/N-ethyl adjacent to an activating group) is 1. The summed E-state index contributed by atoms with van der Waals surface area (Å²) in [5.74, 6) is 0. The number of hydrogen-bond acceptors (Lipinski definition) is 2. The van der Waals surface area contributed by atoms with Crippen LogP contribution in [0.5, 0.6) is 0 Å². The topological polar surface area (TPSA) is 15.3 Å². The minimum absolute atomic E-state index is 0.648. The van der Waals surface area contributed by atoms with Crippen molar-refractivity contribution < 1.29 is 0 Å². The van der Waals surface area contributed by atoms with Crippen molar-refractivity contribution in [3.8, 4) is 0 Å². The van der Waals surface area contributed by atoms with Gasteiger partial charge in [-0.1, -0.05) is 23.8 Å². The molecule has 1 aromatic rings. The molecule has 1 fully saturated rings. The van der Waals surface area contributed by atoms with E-state index in [4.69, 9.17) is 0 Å². The number of fused-ring (bicyclic) bond motifs is 1. The van der Waals surface area contributed by atoms with Crippen molar-refractivity contribution >= 4 is 0 Å². The van der Waals surface area contributed by atoms with Crippen LogP contribution in [0.4, 0.5) is 0 Å². The van der Waals surface area contributed by atoms with E-state index in [-0.39, 0.29) is 0 Å². The second kappa shape index (κ2) is 4.43. The maximum absolute atomic E-state index is 3.47.